The fourth-order valence-electron chi connectivity index (χ4n) is 3.18. The number of aliphatic hydroxyl groups is 1. The van der Waals surface area contributed by atoms with E-state index < -0.39 is 79.2 Å². The van der Waals surface area contributed by atoms with Gasteiger partial charge in [-0.1, -0.05) is 0 Å². The molecule has 4 atom stereocenters. The van der Waals surface area contributed by atoms with Gasteiger partial charge in [-0.2, -0.15) is 0 Å². The highest BCUT2D eigenvalue weighted by molar-refractivity contribution is 5.94. The Morgan fingerprint density at radius 1 is 0.906 bits per heavy atom. The molecule has 0 aromatic rings. The molecule has 32 heavy (non-hydrogen) atoms. The third-order valence-electron chi connectivity index (χ3n) is 4.90. The Morgan fingerprint density at radius 2 is 1.44 bits per heavy atom. The van der Waals surface area contributed by atoms with E-state index in [0.29, 0.717) is 6.42 Å². The summed E-state index contributed by atoms with van der Waals surface area (Å²) in [6, 6.07) is -5.34. The minimum atomic E-state index is -1.44. The molecule has 0 saturated carbocycles. The normalized spacial score (nSPS) is 18.3. The van der Waals surface area contributed by atoms with Crippen molar-refractivity contribution in [2.75, 3.05) is 13.2 Å². The number of rotatable bonds is 13. The van der Waals surface area contributed by atoms with Crippen molar-refractivity contribution < 1.29 is 49.2 Å². The first-order valence-corrected chi connectivity index (χ1v) is 9.92. The van der Waals surface area contributed by atoms with E-state index in [1.807, 2.05) is 0 Å². The Balaban J connectivity index is 3.03. The highest BCUT2D eigenvalue weighted by atomic mass is 16.4. The molecule has 0 bridgehead atoms. The molecule has 1 rings (SSSR count). The second-order valence-corrected chi connectivity index (χ2v) is 7.30. The van der Waals surface area contributed by atoms with Crippen LogP contribution >= 0.6 is 0 Å². The number of aliphatic carboxylic acids is 3. The number of nitrogens with two attached hydrogens (primary N) is 1. The summed E-state index contributed by atoms with van der Waals surface area (Å²) in [5, 5.41) is 40.6. The molecular formula is C18H28N4O10. The second-order valence-electron chi connectivity index (χ2n) is 7.30. The van der Waals surface area contributed by atoms with Crippen LogP contribution in [0.3, 0.4) is 0 Å². The molecule has 0 aromatic heterocycles. The molecule has 0 radical (unpaired) electrons. The Bertz CT molecular complexity index is 743. The summed E-state index contributed by atoms with van der Waals surface area (Å²) in [6.45, 7) is -0.621. The molecule has 14 nitrogen and oxygen atoms in total. The summed E-state index contributed by atoms with van der Waals surface area (Å²) in [6.07, 6.45) is -1.13. The first-order valence-electron chi connectivity index (χ1n) is 9.92. The summed E-state index contributed by atoms with van der Waals surface area (Å²) < 4.78 is 0. The monoisotopic (exact) mass is 460 g/mol. The summed E-state index contributed by atoms with van der Waals surface area (Å²) in [5.41, 5.74) is 5.39. The Labute approximate surface area is 182 Å². The zero-order chi connectivity index (χ0) is 24.4. The van der Waals surface area contributed by atoms with Crippen LogP contribution in [-0.4, -0.2) is 98.3 Å². The largest absolute Gasteiger partial charge is 0.481 e. The first kappa shape index (κ1) is 26.8. The summed E-state index contributed by atoms with van der Waals surface area (Å²) in [4.78, 5) is 71.9. The lowest BCUT2D eigenvalue weighted by Gasteiger charge is -2.28. The highest BCUT2D eigenvalue weighted by Crippen LogP contribution is 2.19. The number of carboxylic acids is 3. The van der Waals surface area contributed by atoms with E-state index in [1.54, 1.807) is 0 Å². The third kappa shape index (κ3) is 8.11. The fraction of sp³-hybridized carbons (Fsp3) is 0.667. The Kier molecular flexibility index (Phi) is 10.5. The van der Waals surface area contributed by atoms with Crippen LogP contribution in [0.15, 0.2) is 0 Å². The van der Waals surface area contributed by atoms with Crippen LogP contribution in [0.1, 0.15) is 38.5 Å². The standard InChI is InChI=1S/C18H28N4O10/c19-9(8-23)15(28)20-10(3-5-13(24)25)16(29)21-11(4-6-14(26)27)17(30)22-7-1-2-12(22)18(31)32/h9-12,23H,1-8,19H2,(H,20,28)(H,21,29)(H,24,25)(H,26,27)(H,31,32). The van der Waals surface area contributed by atoms with Gasteiger partial charge in [-0.3, -0.25) is 24.0 Å². The number of hydrogen-bond acceptors (Lipinski definition) is 8. The molecular weight excluding hydrogens is 432 g/mol. The average Bonchev–Trinajstić information content (AvgIpc) is 3.22. The van der Waals surface area contributed by atoms with Gasteiger partial charge in [-0.25, -0.2) is 4.79 Å². The van der Waals surface area contributed by atoms with Crippen LogP contribution in [-0.2, 0) is 28.8 Å². The van der Waals surface area contributed by atoms with E-state index in [0.717, 1.165) is 4.90 Å². The van der Waals surface area contributed by atoms with Crippen molar-refractivity contribution in [2.45, 2.75) is 62.7 Å². The number of amides is 3. The fourth-order valence-corrected chi connectivity index (χ4v) is 3.18. The van der Waals surface area contributed by atoms with Crippen LogP contribution in [0.25, 0.3) is 0 Å². The maximum Gasteiger partial charge on any atom is 0.326 e. The summed E-state index contributed by atoms with van der Waals surface area (Å²) in [5.74, 6) is -6.44. The van der Waals surface area contributed by atoms with Gasteiger partial charge in [0.2, 0.25) is 17.7 Å². The van der Waals surface area contributed by atoms with E-state index in [2.05, 4.69) is 10.6 Å². The molecule has 1 fully saturated rings. The zero-order valence-corrected chi connectivity index (χ0v) is 17.2. The van der Waals surface area contributed by atoms with E-state index in [1.165, 1.54) is 0 Å². The molecule has 0 spiro atoms. The van der Waals surface area contributed by atoms with Crippen LogP contribution in [0, 0.1) is 0 Å². The van der Waals surface area contributed by atoms with Crippen molar-refractivity contribution in [3.05, 3.63) is 0 Å². The molecule has 4 unspecified atom stereocenters. The van der Waals surface area contributed by atoms with Crippen molar-refractivity contribution in [3.63, 3.8) is 0 Å². The van der Waals surface area contributed by atoms with Crippen molar-refractivity contribution in [2.24, 2.45) is 5.73 Å². The van der Waals surface area contributed by atoms with Gasteiger partial charge in [-0.05, 0) is 25.7 Å². The number of hydrogen-bond donors (Lipinski definition) is 7. The number of carbonyl (C=O) groups is 6. The quantitative estimate of drug-likeness (QED) is 0.147. The molecule has 0 aliphatic carbocycles. The maximum atomic E-state index is 12.9. The van der Waals surface area contributed by atoms with Gasteiger partial charge in [0, 0.05) is 19.4 Å². The van der Waals surface area contributed by atoms with Crippen molar-refractivity contribution in [3.8, 4) is 0 Å². The van der Waals surface area contributed by atoms with Gasteiger partial charge in [0.25, 0.3) is 0 Å². The smallest absolute Gasteiger partial charge is 0.326 e. The second kappa shape index (κ2) is 12.6. The molecule has 1 heterocycles. The zero-order valence-electron chi connectivity index (χ0n) is 17.2. The molecule has 14 heteroatoms. The van der Waals surface area contributed by atoms with Crippen LogP contribution in [0.4, 0.5) is 0 Å². The SMILES string of the molecule is NC(CO)C(=O)NC(CCC(=O)O)C(=O)NC(CCC(=O)O)C(=O)N1CCCC1C(=O)O. The average molecular weight is 460 g/mol. The predicted octanol–water partition coefficient (Wildman–Crippen LogP) is -2.92. The predicted molar refractivity (Wildman–Crippen MR) is 105 cm³/mol. The van der Waals surface area contributed by atoms with Crippen LogP contribution < -0.4 is 16.4 Å². The lowest BCUT2D eigenvalue weighted by Crippen LogP contribution is -2.57. The number of likely N-dealkylation sites (tertiary alicyclic amines) is 1. The molecule has 3 amide bonds. The first-order chi connectivity index (χ1) is 15.0. The molecule has 180 valence electrons. The molecule has 1 saturated heterocycles. The molecule has 0 aromatic carbocycles. The lowest BCUT2D eigenvalue weighted by atomic mass is 10.1. The van der Waals surface area contributed by atoms with Gasteiger partial charge in [0.15, 0.2) is 0 Å². The van der Waals surface area contributed by atoms with E-state index in [9.17, 15) is 33.9 Å². The number of nitrogens with one attached hydrogen (secondary N) is 2. The summed E-state index contributed by atoms with van der Waals surface area (Å²) >= 11 is 0. The van der Waals surface area contributed by atoms with Crippen LogP contribution in [0.2, 0.25) is 0 Å². The van der Waals surface area contributed by atoms with Gasteiger partial charge in [-0.15, -0.1) is 0 Å². The number of carboxylic acid groups (broad SMARTS) is 3. The van der Waals surface area contributed by atoms with Crippen molar-refractivity contribution in [1.82, 2.24) is 15.5 Å². The van der Waals surface area contributed by atoms with Gasteiger partial charge in [0.1, 0.15) is 24.2 Å². The maximum absolute atomic E-state index is 12.9. The number of aliphatic hydroxyl groups excluding tert-OH is 1. The van der Waals surface area contributed by atoms with Gasteiger partial charge >= 0.3 is 17.9 Å². The molecule has 1 aliphatic rings. The van der Waals surface area contributed by atoms with Crippen molar-refractivity contribution in [1.29, 1.82) is 0 Å². The van der Waals surface area contributed by atoms with Crippen LogP contribution in [0.5, 0.6) is 0 Å². The molecule has 8 N–H and O–H groups in total. The molecule has 1 aliphatic heterocycles. The van der Waals surface area contributed by atoms with E-state index in [-0.39, 0.29) is 25.8 Å². The topological polar surface area (TPSA) is 237 Å². The Hall–Kier alpha value is -3.26. The lowest BCUT2D eigenvalue weighted by molar-refractivity contribution is -0.150. The van der Waals surface area contributed by atoms with E-state index in [4.69, 9.17) is 21.1 Å². The third-order valence-corrected chi connectivity index (χ3v) is 4.90. The highest BCUT2D eigenvalue weighted by Gasteiger charge is 2.38. The summed E-state index contributed by atoms with van der Waals surface area (Å²) in [7, 11) is 0. The van der Waals surface area contributed by atoms with E-state index >= 15 is 0 Å². The minimum absolute atomic E-state index is 0.111. The Morgan fingerprint density at radius 3 is 1.94 bits per heavy atom. The van der Waals surface area contributed by atoms with Gasteiger partial charge < -0.3 is 41.7 Å². The van der Waals surface area contributed by atoms with Crippen molar-refractivity contribution >= 4 is 35.6 Å². The number of carbonyl (C=O) groups excluding carboxylic acids is 3. The number of nitrogens with zero attached hydrogens (tertiary/aromatic N) is 1. The minimum Gasteiger partial charge on any atom is -0.481 e. The van der Waals surface area contributed by atoms with Gasteiger partial charge in [0.05, 0.1) is 6.61 Å².